The van der Waals surface area contributed by atoms with Crippen LogP contribution in [-0.2, 0) is 16.1 Å². The van der Waals surface area contributed by atoms with Gasteiger partial charge in [0.05, 0.1) is 12.9 Å². The molecule has 1 atom stereocenters. The van der Waals surface area contributed by atoms with E-state index >= 15 is 0 Å². The van der Waals surface area contributed by atoms with Crippen LogP contribution in [0, 0.1) is 19.7 Å². The Hall–Kier alpha value is -3.96. The first-order valence-electron chi connectivity index (χ1n) is 12.4. The maximum Gasteiger partial charge on any atom is 0.341 e. The van der Waals surface area contributed by atoms with Gasteiger partial charge in [-0.25, -0.2) is 9.18 Å². The lowest BCUT2D eigenvalue weighted by molar-refractivity contribution is -0.113. The van der Waals surface area contributed by atoms with Gasteiger partial charge in [0, 0.05) is 17.5 Å². The van der Waals surface area contributed by atoms with Crippen molar-refractivity contribution in [2.24, 2.45) is 0 Å². The molecule has 1 amide bonds. The van der Waals surface area contributed by atoms with Crippen molar-refractivity contribution in [3.8, 4) is 16.9 Å². The second-order valence-corrected chi connectivity index (χ2v) is 10.8. The van der Waals surface area contributed by atoms with Gasteiger partial charge in [0.25, 0.3) is 0 Å². The number of aryl methyl sites for hydroxylation is 2. The summed E-state index contributed by atoms with van der Waals surface area (Å²) in [5.41, 5.74) is 3.60. The van der Waals surface area contributed by atoms with Crippen molar-refractivity contribution in [1.29, 1.82) is 0 Å². The van der Waals surface area contributed by atoms with Crippen LogP contribution >= 0.6 is 23.1 Å². The molecule has 4 aromatic rings. The summed E-state index contributed by atoms with van der Waals surface area (Å²) in [4.78, 5) is 25.5. The van der Waals surface area contributed by atoms with Gasteiger partial charge in [0.1, 0.15) is 22.1 Å². The van der Waals surface area contributed by atoms with Gasteiger partial charge in [-0.1, -0.05) is 36.0 Å². The molecular formula is C29H29FN4O4S2. The van der Waals surface area contributed by atoms with E-state index in [4.69, 9.17) is 9.47 Å². The van der Waals surface area contributed by atoms with E-state index < -0.39 is 12.1 Å². The minimum absolute atomic E-state index is 0.0198. The number of thioether (sulfide) groups is 1. The number of anilines is 1. The van der Waals surface area contributed by atoms with Crippen LogP contribution < -0.4 is 10.1 Å². The van der Waals surface area contributed by atoms with Crippen molar-refractivity contribution in [2.45, 2.75) is 38.6 Å². The standard InChI is InChI=1S/C29H29FN4O4S2/c1-6-11-34-26(19(4)38-22-13-17(2)12-18(3)14-22)32-33-29(34)40-16-24(35)31-27-25(28(36)37-5)23(15-39-27)20-7-9-21(30)10-8-20/h6-10,12-15,19H,1,11,16H2,2-5H3,(H,31,35). The lowest BCUT2D eigenvalue weighted by Crippen LogP contribution is -2.17. The lowest BCUT2D eigenvalue weighted by atomic mass is 10.0. The summed E-state index contributed by atoms with van der Waals surface area (Å²) in [5, 5.41) is 14.0. The average molecular weight is 581 g/mol. The monoisotopic (exact) mass is 580 g/mol. The molecule has 40 heavy (non-hydrogen) atoms. The Morgan fingerprint density at radius 3 is 2.52 bits per heavy atom. The Balaban J connectivity index is 1.48. The van der Waals surface area contributed by atoms with Crippen molar-refractivity contribution >= 4 is 40.0 Å². The first-order valence-corrected chi connectivity index (χ1v) is 14.2. The van der Waals surface area contributed by atoms with Gasteiger partial charge in [-0.2, -0.15) is 0 Å². The summed E-state index contributed by atoms with van der Waals surface area (Å²) >= 11 is 2.40. The first kappa shape index (κ1) is 29.0. The number of amides is 1. The molecule has 1 N–H and O–H groups in total. The molecule has 0 saturated heterocycles. The number of ether oxygens (including phenoxy) is 2. The molecule has 208 valence electrons. The Labute approximate surface area is 240 Å². The molecule has 8 nitrogen and oxygen atoms in total. The number of benzene rings is 2. The average Bonchev–Trinajstić information content (AvgIpc) is 3.51. The molecule has 2 aromatic carbocycles. The highest BCUT2D eigenvalue weighted by Gasteiger charge is 2.24. The zero-order chi connectivity index (χ0) is 28.8. The minimum Gasteiger partial charge on any atom is -0.483 e. The predicted octanol–water partition coefficient (Wildman–Crippen LogP) is 6.61. The van der Waals surface area contributed by atoms with Gasteiger partial charge in [-0.05, 0) is 61.7 Å². The number of nitrogens with one attached hydrogen (secondary N) is 1. The zero-order valence-corrected chi connectivity index (χ0v) is 24.2. The molecule has 0 spiro atoms. The number of aromatic nitrogens is 3. The summed E-state index contributed by atoms with van der Waals surface area (Å²) in [6, 6.07) is 11.8. The summed E-state index contributed by atoms with van der Waals surface area (Å²) in [6.45, 7) is 10.2. The van der Waals surface area contributed by atoms with Gasteiger partial charge in [0.2, 0.25) is 5.91 Å². The second-order valence-electron chi connectivity index (χ2n) is 9.01. The molecule has 0 radical (unpaired) electrons. The molecule has 0 aliphatic rings. The maximum atomic E-state index is 13.4. The van der Waals surface area contributed by atoms with Crippen LogP contribution in [0.3, 0.4) is 0 Å². The number of halogens is 1. The van der Waals surface area contributed by atoms with E-state index in [0.29, 0.717) is 33.7 Å². The van der Waals surface area contributed by atoms with E-state index in [1.807, 2.05) is 37.5 Å². The summed E-state index contributed by atoms with van der Waals surface area (Å²) in [7, 11) is 1.27. The molecule has 0 fully saturated rings. The molecule has 2 aromatic heterocycles. The first-order chi connectivity index (χ1) is 19.2. The molecule has 1 unspecified atom stereocenters. The quantitative estimate of drug-likeness (QED) is 0.121. The maximum absolute atomic E-state index is 13.4. The van der Waals surface area contributed by atoms with Crippen molar-refractivity contribution < 1.29 is 23.5 Å². The van der Waals surface area contributed by atoms with Crippen molar-refractivity contribution in [2.75, 3.05) is 18.2 Å². The number of carbonyl (C=O) groups is 2. The van der Waals surface area contributed by atoms with Crippen LogP contribution in [0.2, 0.25) is 0 Å². The number of methoxy groups -OCH3 is 1. The van der Waals surface area contributed by atoms with Crippen molar-refractivity contribution in [1.82, 2.24) is 14.8 Å². The number of hydrogen-bond acceptors (Lipinski definition) is 8. The predicted molar refractivity (Wildman–Crippen MR) is 156 cm³/mol. The number of rotatable bonds is 11. The number of allylic oxidation sites excluding steroid dienone is 1. The largest absolute Gasteiger partial charge is 0.483 e. The molecule has 0 bridgehead atoms. The third-order valence-electron chi connectivity index (χ3n) is 5.85. The van der Waals surface area contributed by atoms with E-state index in [-0.39, 0.29) is 23.0 Å². The molecule has 0 saturated carbocycles. The summed E-state index contributed by atoms with van der Waals surface area (Å²) in [6.07, 6.45) is 1.33. The molecule has 11 heteroatoms. The number of carbonyl (C=O) groups excluding carboxylic acids is 2. The van der Waals surface area contributed by atoms with E-state index in [2.05, 4.69) is 28.2 Å². The fourth-order valence-corrected chi connectivity index (χ4v) is 5.88. The second kappa shape index (κ2) is 12.9. The molecule has 0 aliphatic carbocycles. The fraction of sp³-hybridized carbons (Fsp3) is 0.241. The molecule has 0 aliphatic heterocycles. The van der Waals surface area contributed by atoms with Crippen LogP contribution in [-0.4, -0.2) is 39.5 Å². The van der Waals surface area contributed by atoms with E-state index in [0.717, 1.165) is 16.9 Å². The lowest BCUT2D eigenvalue weighted by Gasteiger charge is -2.16. The van der Waals surface area contributed by atoms with Crippen LogP contribution in [0.5, 0.6) is 5.75 Å². The Morgan fingerprint density at radius 2 is 1.88 bits per heavy atom. The zero-order valence-electron chi connectivity index (χ0n) is 22.6. The topological polar surface area (TPSA) is 95.3 Å². The van der Waals surface area contributed by atoms with E-state index in [9.17, 15) is 14.0 Å². The van der Waals surface area contributed by atoms with Crippen LogP contribution in [0.25, 0.3) is 11.1 Å². The van der Waals surface area contributed by atoms with Gasteiger partial charge in [0.15, 0.2) is 17.1 Å². The molecule has 4 rings (SSSR count). The Kier molecular flexibility index (Phi) is 9.38. The van der Waals surface area contributed by atoms with Crippen LogP contribution in [0.4, 0.5) is 9.39 Å². The number of esters is 1. The van der Waals surface area contributed by atoms with Crippen LogP contribution in [0.15, 0.2) is 65.7 Å². The number of hydrogen-bond donors (Lipinski definition) is 1. The molecule has 2 heterocycles. The van der Waals surface area contributed by atoms with Gasteiger partial charge in [-0.15, -0.1) is 28.1 Å². The van der Waals surface area contributed by atoms with Gasteiger partial charge >= 0.3 is 5.97 Å². The minimum atomic E-state index is -0.600. The van der Waals surface area contributed by atoms with E-state index in [1.54, 1.807) is 23.6 Å². The highest BCUT2D eigenvalue weighted by molar-refractivity contribution is 7.99. The van der Waals surface area contributed by atoms with Crippen molar-refractivity contribution in [3.63, 3.8) is 0 Å². The number of nitrogens with zero attached hydrogens (tertiary/aromatic N) is 3. The fourth-order valence-electron chi connectivity index (χ4n) is 4.16. The normalized spacial score (nSPS) is 11.6. The van der Waals surface area contributed by atoms with Gasteiger partial charge < -0.3 is 14.8 Å². The third-order valence-corrected chi connectivity index (χ3v) is 7.71. The summed E-state index contributed by atoms with van der Waals surface area (Å²) in [5.74, 6) is 0.0454. The molecular weight excluding hydrogens is 551 g/mol. The van der Waals surface area contributed by atoms with Crippen molar-refractivity contribution in [3.05, 3.63) is 88.8 Å². The van der Waals surface area contributed by atoms with Gasteiger partial charge in [-0.3, -0.25) is 9.36 Å². The third kappa shape index (κ3) is 6.78. The smallest absolute Gasteiger partial charge is 0.341 e. The van der Waals surface area contributed by atoms with E-state index in [1.165, 1.54) is 42.3 Å². The SMILES string of the molecule is C=CCn1c(SCC(=O)Nc2scc(-c3ccc(F)cc3)c2C(=O)OC)nnc1C(C)Oc1cc(C)cc(C)c1. The Morgan fingerprint density at radius 1 is 1.18 bits per heavy atom. The highest BCUT2D eigenvalue weighted by Crippen LogP contribution is 2.36. The number of thiophene rings is 1. The Bertz CT molecular complexity index is 1510. The highest BCUT2D eigenvalue weighted by atomic mass is 32.2. The van der Waals surface area contributed by atoms with Crippen LogP contribution in [0.1, 0.15) is 40.3 Å². The summed E-state index contributed by atoms with van der Waals surface area (Å²) < 4.78 is 26.4.